The van der Waals surface area contributed by atoms with E-state index in [1.54, 1.807) is 0 Å². The van der Waals surface area contributed by atoms with E-state index in [1.807, 2.05) is 0 Å². The number of rotatable bonds is 5. The van der Waals surface area contributed by atoms with E-state index < -0.39 is 48.7 Å². The van der Waals surface area contributed by atoms with Gasteiger partial charge in [0.2, 0.25) is 0 Å². The monoisotopic (exact) mass is 322 g/mol. The van der Waals surface area contributed by atoms with Gasteiger partial charge in [-0.2, -0.15) is 0 Å². The third kappa shape index (κ3) is 4.92. The topological polar surface area (TPSA) is 97.4 Å². The predicted molar refractivity (Wildman–Crippen MR) is 68.3 cm³/mol. The summed E-state index contributed by atoms with van der Waals surface area (Å²) in [4.78, 5) is 33.3. The summed E-state index contributed by atoms with van der Waals surface area (Å²) in [6, 6.07) is 0. The number of alkyl halides is 1. The number of hydrogen-bond acceptors (Lipinski definition) is 8. The van der Waals surface area contributed by atoms with Crippen molar-refractivity contribution >= 4 is 17.9 Å². The molecule has 1 saturated heterocycles. The van der Waals surface area contributed by atoms with Crippen LogP contribution in [0.3, 0.4) is 0 Å². The van der Waals surface area contributed by atoms with Crippen molar-refractivity contribution < 1.29 is 42.5 Å². The Morgan fingerprint density at radius 3 is 2.00 bits per heavy atom. The van der Waals surface area contributed by atoms with Crippen molar-refractivity contribution in [3.05, 3.63) is 0 Å². The molecule has 1 aliphatic heterocycles. The average molecular weight is 322 g/mol. The van der Waals surface area contributed by atoms with E-state index in [9.17, 15) is 18.8 Å². The highest BCUT2D eigenvalue weighted by Crippen LogP contribution is 2.29. The molecule has 1 rings (SSSR count). The minimum Gasteiger partial charge on any atom is -0.463 e. The van der Waals surface area contributed by atoms with E-state index in [2.05, 4.69) is 0 Å². The molecular formula is C13H19FO8. The Morgan fingerprint density at radius 2 is 1.55 bits per heavy atom. The zero-order valence-corrected chi connectivity index (χ0v) is 12.7. The van der Waals surface area contributed by atoms with E-state index in [0.29, 0.717) is 0 Å². The van der Waals surface area contributed by atoms with Gasteiger partial charge in [0.15, 0.2) is 24.7 Å². The lowest BCUT2D eigenvalue weighted by molar-refractivity contribution is -0.286. The van der Waals surface area contributed by atoms with Crippen LogP contribution >= 0.6 is 0 Å². The van der Waals surface area contributed by atoms with Crippen molar-refractivity contribution in [3.8, 4) is 0 Å². The molecule has 1 heterocycles. The van der Waals surface area contributed by atoms with Gasteiger partial charge < -0.3 is 23.7 Å². The van der Waals surface area contributed by atoms with Crippen LogP contribution in [0.2, 0.25) is 0 Å². The molecule has 0 aliphatic carbocycles. The second kappa shape index (κ2) is 8.04. The first-order chi connectivity index (χ1) is 10.3. The van der Waals surface area contributed by atoms with Gasteiger partial charge in [-0.3, -0.25) is 14.4 Å². The smallest absolute Gasteiger partial charge is 0.303 e. The number of carbonyl (C=O) groups is 3. The van der Waals surface area contributed by atoms with Crippen LogP contribution in [0.25, 0.3) is 0 Å². The Morgan fingerprint density at radius 1 is 1.00 bits per heavy atom. The van der Waals surface area contributed by atoms with Crippen molar-refractivity contribution in [1.29, 1.82) is 0 Å². The summed E-state index contributed by atoms with van der Waals surface area (Å²) in [7, 11) is 1.21. The standard InChI is InChI=1S/C13H19FO8/c1-6(15)19-5-9-11(20-7(2)16)12(21-8(3)17)10(14)13(18-4)22-9/h9-13H,5H2,1-4H3/t9-,10+,11-,12-,13+/m1/s1. The van der Waals surface area contributed by atoms with Crippen LogP contribution in [0, 0.1) is 0 Å². The maximum absolute atomic E-state index is 14.3. The number of methoxy groups -OCH3 is 1. The Labute approximate surface area is 126 Å². The highest BCUT2D eigenvalue weighted by atomic mass is 19.1. The van der Waals surface area contributed by atoms with Crippen molar-refractivity contribution in [3.63, 3.8) is 0 Å². The Bertz CT molecular complexity index is 426. The largest absolute Gasteiger partial charge is 0.463 e. The highest BCUT2D eigenvalue weighted by Gasteiger charge is 2.51. The lowest BCUT2D eigenvalue weighted by Gasteiger charge is -2.41. The molecular weight excluding hydrogens is 303 g/mol. The number of halogens is 1. The summed E-state index contributed by atoms with van der Waals surface area (Å²) in [5, 5.41) is 0. The van der Waals surface area contributed by atoms with Crippen LogP contribution in [0.15, 0.2) is 0 Å². The van der Waals surface area contributed by atoms with E-state index in [4.69, 9.17) is 23.7 Å². The Kier molecular flexibility index (Phi) is 6.69. The van der Waals surface area contributed by atoms with Gasteiger partial charge >= 0.3 is 17.9 Å². The molecule has 0 bridgehead atoms. The van der Waals surface area contributed by atoms with Gasteiger partial charge in [-0.15, -0.1) is 0 Å². The number of hydrogen-bond donors (Lipinski definition) is 0. The van der Waals surface area contributed by atoms with Crippen molar-refractivity contribution in [1.82, 2.24) is 0 Å². The minimum absolute atomic E-state index is 0.308. The van der Waals surface area contributed by atoms with Crippen LogP contribution in [-0.2, 0) is 38.1 Å². The molecule has 0 aromatic heterocycles. The normalized spacial score (nSPS) is 31.2. The third-order valence-electron chi connectivity index (χ3n) is 2.86. The van der Waals surface area contributed by atoms with Gasteiger partial charge in [0, 0.05) is 27.9 Å². The molecule has 1 fully saturated rings. The van der Waals surface area contributed by atoms with Crippen LogP contribution in [0.5, 0.6) is 0 Å². The van der Waals surface area contributed by atoms with E-state index >= 15 is 0 Å². The van der Waals surface area contributed by atoms with Crippen molar-refractivity contribution in [2.45, 2.75) is 51.5 Å². The fraction of sp³-hybridized carbons (Fsp3) is 0.769. The summed E-state index contributed by atoms with van der Waals surface area (Å²) in [6.07, 6.45) is -6.94. The molecule has 8 nitrogen and oxygen atoms in total. The van der Waals surface area contributed by atoms with Gasteiger partial charge in [-0.1, -0.05) is 0 Å². The molecule has 9 heteroatoms. The highest BCUT2D eigenvalue weighted by molar-refractivity contribution is 5.67. The van der Waals surface area contributed by atoms with Gasteiger partial charge in [0.05, 0.1) is 0 Å². The number of ether oxygens (including phenoxy) is 5. The van der Waals surface area contributed by atoms with Gasteiger partial charge in [-0.25, -0.2) is 4.39 Å². The second-order valence-corrected chi connectivity index (χ2v) is 4.67. The summed E-state index contributed by atoms with van der Waals surface area (Å²) in [5.74, 6) is -2.07. The summed E-state index contributed by atoms with van der Waals surface area (Å²) >= 11 is 0. The van der Waals surface area contributed by atoms with Crippen LogP contribution < -0.4 is 0 Å². The average Bonchev–Trinajstić information content (AvgIpc) is 2.41. The van der Waals surface area contributed by atoms with Crippen molar-refractivity contribution in [2.75, 3.05) is 13.7 Å². The van der Waals surface area contributed by atoms with Crippen LogP contribution in [0.4, 0.5) is 4.39 Å². The van der Waals surface area contributed by atoms with Gasteiger partial charge in [-0.05, 0) is 0 Å². The SMILES string of the molecule is CO[C@H]1O[C@H](COC(C)=O)[C@@H](OC(C)=O)[C@H](OC(C)=O)[C@@H]1F. The molecule has 0 spiro atoms. The second-order valence-electron chi connectivity index (χ2n) is 4.67. The molecule has 0 saturated carbocycles. The van der Waals surface area contributed by atoms with E-state index in [0.717, 1.165) is 13.8 Å². The molecule has 5 atom stereocenters. The van der Waals surface area contributed by atoms with E-state index in [-0.39, 0.29) is 6.61 Å². The summed E-state index contributed by atoms with van der Waals surface area (Å²) in [5.41, 5.74) is 0. The summed E-state index contributed by atoms with van der Waals surface area (Å²) in [6.45, 7) is 3.08. The fourth-order valence-corrected chi connectivity index (χ4v) is 2.05. The van der Waals surface area contributed by atoms with E-state index in [1.165, 1.54) is 14.0 Å². The van der Waals surface area contributed by atoms with Crippen molar-refractivity contribution in [2.24, 2.45) is 0 Å². The van der Waals surface area contributed by atoms with Crippen LogP contribution in [-0.4, -0.2) is 62.4 Å². The molecule has 126 valence electrons. The fourth-order valence-electron chi connectivity index (χ4n) is 2.05. The maximum Gasteiger partial charge on any atom is 0.303 e. The number of carbonyl (C=O) groups excluding carboxylic acids is 3. The zero-order valence-electron chi connectivity index (χ0n) is 12.7. The first-order valence-corrected chi connectivity index (χ1v) is 6.56. The Hall–Kier alpha value is -1.74. The lowest BCUT2D eigenvalue weighted by atomic mass is 9.99. The first-order valence-electron chi connectivity index (χ1n) is 6.56. The Balaban J connectivity index is 3.00. The maximum atomic E-state index is 14.3. The quantitative estimate of drug-likeness (QED) is 0.520. The molecule has 1 aliphatic rings. The van der Waals surface area contributed by atoms with Crippen LogP contribution in [0.1, 0.15) is 20.8 Å². The number of esters is 3. The molecule has 0 aromatic carbocycles. The molecule has 0 N–H and O–H groups in total. The predicted octanol–water partition coefficient (Wildman–Crippen LogP) is 0.122. The zero-order chi connectivity index (χ0) is 16.9. The molecule has 0 radical (unpaired) electrons. The lowest BCUT2D eigenvalue weighted by Crippen LogP contribution is -2.60. The molecule has 0 aromatic rings. The molecule has 0 amide bonds. The third-order valence-corrected chi connectivity index (χ3v) is 2.86. The first kappa shape index (κ1) is 18.3. The molecule has 22 heavy (non-hydrogen) atoms. The van der Waals surface area contributed by atoms with Gasteiger partial charge in [0.25, 0.3) is 0 Å². The molecule has 0 unspecified atom stereocenters. The summed E-state index contributed by atoms with van der Waals surface area (Å²) < 4.78 is 39.1. The van der Waals surface area contributed by atoms with Gasteiger partial charge in [0.1, 0.15) is 12.7 Å². The minimum atomic E-state index is -1.87.